The lowest BCUT2D eigenvalue weighted by Gasteiger charge is -2.20. The molecule has 0 spiro atoms. The molecule has 0 rings (SSSR count). The number of hydrogen-bond acceptors (Lipinski definition) is 5. The lowest BCUT2D eigenvalue weighted by Crippen LogP contribution is -2.47. The Balaban J connectivity index is 3.76. The van der Waals surface area contributed by atoms with E-state index in [9.17, 15) is 9.59 Å². The summed E-state index contributed by atoms with van der Waals surface area (Å²) >= 11 is 3.67. The molecule has 0 aromatic rings. The standard InChI is InChI=1S/C11H24N4O2S/c1-3-9(15-10(16)4-12)6-14-8(2)5-13-7-11(17)18/h8-9,13-14H,3-7,12H2,1-2H3,(H,15,16)(H,17,18). The van der Waals surface area contributed by atoms with Crippen LogP contribution in [0.15, 0.2) is 0 Å². The molecule has 0 aromatic heterocycles. The number of carbonyl (C=O) groups excluding carboxylic acids is 2. The second-order valence-electron chi connectivity index (χ2n) is 4.21. The Hall–Kier alpha value is -0.630. The van der Waals surface area contributed by atoms with E-state index < -0.39 is 0 Å². The second kappa shape index (κ2) is 10.3. The van der Waals surface area contributed by atoms with E-state index in [1.54, 1.807) is 0 Å². The zero-order valence-electron chi connectivity index (χ0n) is 11.0. The topological polar surface area (TPSA) is 96.2 Å². The van der Waals surface area contributed by atoms with Gasteiger partial charge in [0.2, 0.25) is 5.91 Å². The molecule has 5 N–H and O–H groups in total. The quantitative estimate of drug-likeness (QED) is 0.325. The average molecular weight is 276 g/mol. The van der Waals surface area contributed by atoms with Gasteiger partial charge in [0.1, 0.15) is 0 Å². The van der Waals surface area contributed by atoms with Crippen molar-refractivity contribution in [3.63, 3.8) is 0 Å². The van der Waals surface area contributed by atoms with Gasteiger partial charge in [-0.2, -0.15) is 0 Å². The largest absolute Gasteiger partial charge is 0.351 e. The minimum atomic E-state index is -0.177. The van der Waals surface area contributed by atoms with E-state index in [0.29, 0.717) is 13.1 Å². The summed E-state index contributed by atoms with van der Waals surface area (Å²) in [5.41, 5.74) is 5.24. The molecule has 0 saturated heterocycles. The van der Waals surface area contributed by atoms with Crippen molar-refractivity contribution >= 4 is 23.7 Å². The zero-order chi connectivity index (χ0) is 14.0. The fraction of sp³-hybridized carbons (Fsp3) is 0.818. The van der Waals surface area contributed by atoms with Crippen LogP contribution < -0.4 is 21.7 Å². The molecule has 6 nitrogen and oxygen atoms in total. The summed E-state index contributed by atoms with van der Waals surface area (Å²) < 4.78 is 0. The van der Waals surface area contributed by atoms with Gasteiger partial charge in [-0.1, -0.05) is 6.92 Å². The number of thiol groups is 1. The van der Waals surface area contributed by atoms with Gasteiger partial charge in [-0.3, -0.25) is 9.59 Å². The Morgan fingerprint density at radius 2 is 2.00 bits per heavy atom. The summed E-state index contributed by atoms with van der Waals surface area (Å²) in [5.74, 6) is -0.143. The lowest BCUT2D eigenvalue weighted by molar-refractivity contribution is -0.120. The minimum absolute atomic E-state index is 0.0116. The molecule has 0 saturated carbocycles. The summed E-state index contributed by atoms with van der Waals surface area (Å²) in [7, 11) is 0. The van der Waals surface area contributed by atoms with Crippen molar-refractivity contribution in [2.75, 3.05) is 26.2 Å². The third kappa shape index (κ3) is 9.41. The predicted molar refractivity (Wildman–Crippen MR) is 75.6 cm³/mol. The maximum absolute atomic E-state index is 11.2. The van der Waals surface area contributed by atoms with E-state index in [4.69, 9.17) is 5.73 Å². The average Bonchev–Trinajstić information content (AvgIpc) is 2.33. The number of nitrogens with two attached hydrogens (primary N) is 1. The molecular formula is C11H24N4O2S. The van der Waals surface area contributed by atoms with Crippen LogP contribution in [0.4, 0.5) is 0 Å². The molecule has 0 aromatic carbocycles. The lowest BCUT2D eigenvalue weighted by atomic mass is 10.2. The van der Waals surface area contributed by atoms with E-state index >= 15 is 0 Å². The number of rotatable bonds is 10. The number of nitrogens with one attached hydrogen (secondary N) is 3. The third-order valence-electron chi connectivity index (χ3n) is 2.48. The highest BCUT2D eigenvalue weighted by Gasteiger charge is 2.10. The van der Waals surface area contributed by atoms with E-state index in [0.717, 1.165) is 6.42 Å². The number of hydrogen-bond donors (Lipinski definition) is 5. The van der Waals surface area contributed by atoms with Crippen LogP contribution in [0.5, 0.6) is 0 Å². The molecular weight excluding hydrogens is 252 g/mol. The Morgan fingerprint density at radius 1 is 1.33 bits per heavy atom. The van der Waals surface area contributed by atoms with Crippen molar-refractivity contribution in [2.45, 2.75) is 32.4 Å². The minimum Gasteiger partial charge on any atom is -0.351 e. The zero-order valence-corrected chi connectivity index (χ0v) is 11.9. The molecule has 106 valence electrons. The van der Waals surface area contributed by atoms with Gasteiger partial charge in [0.05, 0.1) is 13.1 Å². The van der Waals surface area contributed by atoms with Crippen molar-refractivity contribution < 1.29 is 9.59 Å². The number of amides is 1. The van der Waals surface area contributed by atoms with E-state index in [2.05, 4.69) is 28.6 Å². The summed E-state index contributed by atoms with van der Waals surface area (Å²) in [6, 6.07) is 0.288. The maximum atomic E-state index is 11.2. The van der Waals surface area contributed by atoms with Crippen molar-refractivity contribution in [3.05, 3.63) is 0 Å². The molecule has 7 heteroatoms. The van der Waals surface area contributed by atoms with E-state index in [1.165, 1.54) is 0 Å². The summed E-state index contributed by atoms with van der Waals surface area (Å²) in [6.45, 7) is 5.64. The van der Waals surface area contributed by atoms with Crippen molar-refractivity contribution in [2.24, 2.45) is 5.73 Å². The Morgan fingerprint density at radius 3 is 2.50 bits per heavy atom. The van der Waals surface area contributed by atoms with Gasteiger partial charge in [-0.05, 0) is 13.3 Å². The first kappa shape index (κ1) is 17.4. The van der Waals surface area contributed by atoms with Crippen LogP contribution in [0.25, 0.3) is 0 Å². The number of carbonyl (C=O) groups is 2. The molecule has 0 fully saturated rings. The fourth-order valence-electron chi connectivity index (χ4n) is 1.40. The van der Waals surface area contributed by atoms with Crippen molar-refractivity contribution in [1.29, 1.82) is 0 Å². The summed E-state index contributed by atoms with van der Waals surface area (Å²) in [5, 5.41) is 8.92. The van der Waals surface area contributed by atoms with Crippen LogP contribution in [0, 0.1) is 0 Å². The fourth-order valence-corrected chi connectivity index (χ4v) is 1.51. The highest BCUT2D eigenvalue weighted by atomic mass is 32.1. The highest BCUT2D eigenvalue weighted by molar-refractivity contribution is 7.96. The first-order valence-corrected chi connectivity index (χ1v) is 6.59. The Bertz CT molecular complexity index is 263. The molecule has 2 atom stereocenters. The van der Waals surface area contributed by atoms with Crippen molar-refractivity contribution in [1.82, 2.24) is 16.0 Å². The summed E-state index contributed by atoms with van der Waals surface area (Å²) in [6.07, 6.45) is 0.841. The first-order valence-electron chi connectivity index (χ1n) is 6.14. The molecule has 0 aliphatic heterocycles. The van der Waals surface area contributed by atoms with E-state index in [1.807, 2.05) is 13.8 Å². The molecule has 0 aliphatic rings. The second-order valence-corrected chi connectivity index (χ2v) is 4.71. The van der Waals surface area contributed by atoms with Gasteiger partial charge in [0.15, 0.2) is 5.12 Å². The van der Waals surface area contributed by atoms with Crippen molar-refractivity contribution in [3.8, 4) is 0 Å². The summed E-state index contributed by atoms with van der Waals surface area (Å²) in [4.78, 5) is 21.8. The van der Waals surface area contributed by atoms with Crippen LogP contribution in [0.3, 0.4) is 0 Å². The molecule has 0 bridgehead atoms. The first-order chi connectivity index (χ1) is 8.49. The van der Waals surface area contributed by atoms with Crippen LogP contribution in [0.1, 0.15) is 20.3 Å². The van der Waals surface area contributed by atoms with Crippen LogP contribution >= 0.6 is 12.6 Å². The monoisotopic (exact) mass is 276 g/mol. The van der Waals surface area contributed by atoms with Gasteiger partial charge in [-0.25, -0.2) is 0 Å². The normalized spacial score (nSPS) is 14.0. The van der Waals surface area contributed by atoms with Crippen LogP contribution in [0.2, 0.25) is 0 Å². The van der Waals surface area contributed by atoms with Crippen LogP contribution in [-0.2, 0) is 9.59 Å². The Kier molecular flexibility index (Phi) is 9.95. The predicted octanol–water partition coefficient (Wildman–Crippen LogP) is -1.14. The molecule has 0 heterocycles. The Labute approximate surface area is 114 Å². The third-order valence-corrected chi connectivity index (χ3v) is 2.64. The molecule has 0 radical (unpaired) electrons. The molecule has 1 amide bonds. The van der Waals surface area contributed by atoms with Gasteiger partial charge in [0, 0.05) is 25.2 Å². The molecule has 0 aliphatic carbocycles. The molecule has 2 unspecified atom stereocenters. The van der Waals surface area contributed by atoms with E-state index in [-0.39, 0.29) is 36.2 Å². The SMILES string of the molecule is CCC(CNC(C)CNCC(=O)S)NC(=O)CN. The smallest absolute Gasteiger partial charge is 0.233 e. The van der Waals surface area contributed by atoms with Gasteiger partial charge < -0.3 is 21.7 Å². The molecule has 18 heavy (non-hydrogen) atoms. The van der Waals surface area contributed by atoms with Gasteiger partial charge in [0.25, 0.3) is 0 Å². The van der Waals surface area contributed by atoms with Gasteiger partial charge in [-0.15, -0.1) is 12.6 Å². The van der Waals surface area contributed by atoms with Crippen LogP contribution in [-0.4, -0.2) is 49.3 Å². The highest BCUT2D eigenvalue weighted by Crippen LogP contribution is 1.90. The van der Waals surface area contributed by atoms with Gasteiger partial charge >= 0.3 is 0 Å². The maximum Gasteiger partial charge on any atom is 0.233 e.